The average Bonchev–Trinajstić information content (AvgIpc) is 2.26. The van der Waals surface area contributed by atoms with E-state index < -0.39 is 0 Å². The summed E-state index contributed by atoms with van der Waals surface area (Å²) in [6.45, 7) is 6.48. The summed E-state index contributed by atoms with van der Waals surface area (Å²) in [6.07, 6.45) is 0. The van der Waals surface area contributed by atoms with Crippen molar-refractivity contribution >= 4 is 11.6 Å². The van der Waals surface area contributed by atoms with E-state index in [4.69, 9.17) is 10.9 Å². The topological polar surface area (TPSA) is 96.1 Å². The third kappa shape index (κ3) is 3.63. The zero-order valence-corrected chi connectivity index (χ0v) is 9.91. The van der Waals surface area contributed by atoms with Crippen LogP contribution in [0.2, 0.25) is 0 Å². The normalized spacial score (nSPS) is 11.3. The van der Waals surface area contributed by atoms with Crippen LogP contribution in [0.1, 0.15) is 19.7 Å². The van der Waals surface area contributed by atoms with E-state index >= 15 is 0 Å². The molecular weight excluding hydrogens is 206 g/mol. The molecule has 1 heterocycles. The number of nitrogens with one attached hydrogen (secondary N) is 2. The summed E-state index contributed by atoms with van der Waals surface area (Å²) in [5.41, 5.74) is 2.29. The van der Waals surface area contributed by atoms with E-state index in [0.29, 0.717) is 24.0 Å². The minimum atomic E-state index is -0.185. The molecule has 0 fully saturated rings. The Hall–Kier alpha value is -1.40. The number of hydrogen-bond donors (Lipinski definition) is 4. The number of hydrazine groups is 1. The highest BCUT2D eigenvalue weighted by atomic mass is 16.3. The van der Waals surface area contributed by atoms with Crippen molar-refractivity contribution in [2.45, 2.75) is 20.8 Å². The van der Waals surface area contributed by atoms with Crippen LogP contribution in [0, 0.1) is 12.3 Å². The van der Waals surface area contributed by atoms with Gasteiger partial charge in [-0.15, -0.1) is 0 Å². The van der Waals surface area contributed by atoms with Gasteiger partial charge in [0.15, 0.2) is 0 Å². The Bertz CT molecular complexity index is 353. The van der Waals surface area contributed by atoms with E-state index in [1.807, 2.05) is 13.8 Å². The molecule has 16 heavy (non-hydrogen) atoms. The van der Waals surface area contributed by atoms with Gasteiger partial charge in [0.05, 0.1) is 0 Å². The second-order valence-electron chi connectivity index (χ2n) is 4.51. The molecule has 0 amide bonds. The van der Waals surface area contributed by atoms with E-state index in [9.17, 15) is 0 Å². The second-order valence-corrected chi connectivity index (χ2v) is 4.51. The van der Waals surface area contributed by atoms with Crippen molar-refractivity contribution in [3.8, 4) is 0 Å². The largest absolute Gasteiger partial charge is 0.396 e. The minimum Gasteiger partial charge on any atom is -0.396 e. The monoisotopic (exact) mass is 225 g/mol. The Morgan fingerprint density at radius 2 is 2.00 bits per heavy atom. The van der Waals surface area contributed by atoms with Crippen LogP contribution < -0.4 is 16.6 Å². The molecule has 1 rings (SSSR count). The molecular formula is C10H19N5O. The van der Waals surface area contributed by atoms with Crippen LogP contribution in [-0.4, -0.2) is 28.2 Å². The lowest BCUT2D eigenvalue weighted by atomic mass is 9.95. The van der Waals surface area contributed by atoms with Crippen LogP contribution in [0.25, 0.3) is 0 Å². The maximum Gasteiger partial charge on any atom is 0.145 e. The molecule has 0 spiro atoms. The SMILES string of the molecule is Cc1nc(NN)cc(NCC(C)(C)CO)n1. The van der Waals surface area contributed by atoms with Crippen molar-refractivity contribution < 1.29 is 5.11 Å². The number of aromatic nitrogens is 2. The van der Waals surface area contributed by atoms with Gasteiger partial charge < -0.3 is 15.8 Å². The zero-order valence-electron chi connectivity index (χ0n) is 9.91. The van der Waals surface area contributed by atoms with Gasteiger partial charge in [0, 0.05) is 24.6 Å². The van der Waals surface area contributed by atoms with Crippen LogP contribution in [0.3, 0.4) is 0 Å². The highest BCUT2D eigenvalue weighted by Crippen LogP contribution is 2.16. The Kier molecular flexibility index (Phi) is 4.03. The number of aryl methyl sites for hydroxylation is 1. The van der Waals surface area contributed by atoms with E-state index in [1.54, 1.807) is 13.0 Å². The standard InChI is InChI=1S/C10H19N5O/c1-7-13-8(4-9(14-7)15-11)12-5-10(2,3)6-16/h4,16H,5-6,11H2,1-3H3,(H2,12,13,14,15). The molecule has 6 nitrogen and oxygen atoms in total. The van der Waals surface area contributed by atoms with Crippen molar-refractivity contribution in [1.82, 2.24) is 9.97 Å². The Morgan fingerprint density at radius 1 is 1.38 bits per heavy atom. The van der Waals surface area contributed by atoms with Crippen molar-refractivity contribution in [3.05, 3.63) is 11.9 Å². The summed E-state index contributed by atoms with van der Waals surface area (Å²) >= 11 is 0. The first-order valence-corrected chi connectivity index (χ1v) is 5.14. The van der Waals surface area contributed by atoms with Gasteiger partial charge >= 0.3 is 0 Å². The first kappa shape index (κ1) is 12.7. The van der Waals surface area contributed by atoms with E-state index in [1.165, 1.54) is 0 Å². The van der Waals surface area contributed by atoms with Gasteiger partial charge in [-0.3, -0.25) is 0 Å². The summed E-state index contributed by atoms with van der Waals surface area (Å²) in [7, 11) is 0. The molecule has 0 saturated heterocycles. The average molecular weight is 225 g/mol. The molecule has 0 bridgehead atoms. The van der Waals surface area contributed by atoms with Crippen LogP contribution >= 0.6 is 0 Å². The van der Waals surface area contributed by atoms with Gasteiger partial charge in [0.25, 0.3) is 0 Å². The van der Waals surface area contributed by atoms with Gasteiger partial charge in [-0.1, -0.05) is 13.8 Å². The third-order valence-electron chi connectivity index (χ3n) is 2.16. The van der Waals surface area contributed by atoms with Crippen LogP contribution in [0.5, 0.6) is 0 Å². The van der Waals surface area contributed by atoms with Crippen molar-refractivity contribution in [3.63, 3.8) is 0 Å². The first-order chi connectivity index (χ1) is 7.46. The molecule has 0 atom stereocenters. The van der Waals surface area contributed by atoms with Gasteiger partial charge in [-0.25, -0.2) is 15.8 Å². The molecule has 0 aromatic carbocycles. The van der Waals surface area contributed by atoms with Crippen molar-refractivity contribution in [2.24, 2.45) is 11.3 Å². The number of nitrogens with two attached hydrogens (primary N) is 1. The highest BCUT2D eigenvalue weighted by Gasteiger charge is 2.16. The summed E-state index contributed by atoms with van der Waals surface area (Å²) in [4.78, 5) is 8.30. The second kappa shape index (κ2) is 5.09. The number of aliphatic hydroxyl groups excluding tert-OH is 1. The van der Waals surface area contributed by atoms with E-state index in [2.05, 4.69) is 20.7 Å². The van der Waals surface area contributed by atoms with Crippen molar-refractivity contribution in [1.29, 1.82) is 0 Å². The Labute approximate surface area is 95.3 Å². The van der Waals surface area contributed by atoms with Gasteiger partial charge in [0.2, 0.25) is 0 Å². The van der Waals surface area contributed by atoms with Crippen LogP contribution in [-0.2, 0) is 0 Å². The predicted molar refractivity (Wildman–Crippen MR) is 63.9 cm³/mol. The molecule has 6 heteroatoms. The predicted octanol–water partition coefficient (Wildman–Crippen LogP) is 0.501. The lowest BCUT2D eigenvalue weighted by Crippen LogP contribution is -2.27. The summed E-state index contributed by atoms with van der Waals surface area (Å²) < 4.78 is 0. The molecule has 0 saturated carbocycles. The van der Waals surface area contributed by atoms with Gasteiger partial charge in [-0.2, -0.15) is 0 Å². The summed E-state index contributed by atoms with van der Waals surface area (Å²) in [5.74, 6) is 7.19. The summed E-state index contributed by atoms with van der Waals surface area (Å²) in [5, 5.41) is 12.3. The fourth-order valence-corrected chi connectivity index (χ4v) is 1.12. The fraction of sp³-hybridized carbons (Fsp3) is 0.600. The molecule has 0 aliphatic carbocycles. The maximum absolute atomic E-state index is 9.12. The Balaban J connectivity index is 2.70. The third-order valence-corrected chi connectivity index (χ3v) is 2.16. The first-order valence-electron chi connectivity index (χ1n) is 5.14. The lowest BCUT2D eigenvalue weighted by molar-refractivity contribution is 0.170. The molecule has 0 aliphatic rings. The minimum absolute atomic E-state index is 0.117. The molecule has 0 aliphatic heterocycles. The number of aliphatic hydroxyl groups is 1. The quantitative estimate of drug-likeness (QED) is 0.430. The number of anilines is 2. The number of nitrogens with zero attached hydrogens (tertiary/aromatic N) is 2. The van der Waals surface area contributed by atoms with Gasteiger partial charge in [-0.05, 0) is 6.92 Å². The number of hydrogen-bond acceptors (Lipinski definition) is 6. The van der Waals surface area contributed by atoms with E-state index in [0.717, 1.165) is 0 Å². The highest BCUT2D eigenvalue weighted by molar-refractivity contribution is 5.46. The van der Waals surface area contributed by atoms with E-state index in [-0.39, 0.29) is 12.0 Å². The molecule has 90 valence electrons. The number of nitrogen functional groups attached to an aromatic ring is 1. The lowest BCUT2D eigenvalue weighted by Gasteiger charge is -2.22. The molecule has 5 N–H and O–H groups in total. The smallest absolute Gasteiger partial charge is 0.145 e. The number of rotatable bonds is 5. The Morgan fingerprint density at radius 3 is 2.56 bits per heavy atom. The fourth-order valence-electron chi connectivity index (χ4n) is 1.12. The molecule has 0 unspecified atom stereocenters. The van der Waals surface area contributed by atoms with Crippen LogP contribution in [0.4, 0.5) is 11.6 Å². The maximum atomic E-state index is 9.12. The van der Waals surface area contributed by atoms with Crippen molar-refractivity contribution in [2.75, 3.05) is 23.9 Å². The molecule has 1 aromatic rings. The zero-order chi connectivity index (χ0) is 12.2. The summed E-state index contributed by atoms with van der Waals surface area (Å²) in [6, 6.07) is 1.72. The van der Waals surface area contributed by atoms with Crippen LogP contribution in [0.15, 0.2) is 6.07 Å². The van der Waals surface area contributed by atoms with Gasteiger partial charge in [0.1, 0.15) is 17.5 Å². The molecule has 0 radical (unpaired) electrons. The molecule has 1 aromatic heterocycles.